The average molecular weight is 256 g/mol. The van der Waals surface area contributed by atoms with Crippen LogP contribution in [0.5, 0.6) is 0 Å². The van der Waals surface area contributed by atoms with Gasteiger partial charge in [0.15, 0.2) is 0 Å². The molecule has 98 valence electrons. The zero-order valence-electron chi connectivity index (χ0n) is 11.6. The van der Waals surface area contributed by atoms with E-state index in [9.17, 15) is 0 Å². The Labute approximate surface area is 109 Å². The summed E-state index contributed by atoms with van der Waals surface area (Å²) in [6.07, 6.45) is 2.14. The van der Waals surface area contributed by atoms with Crippen LogP contribution in [0.25, 0.3) is 0 Å². The summed E-state index contributed by atoms with van der Waals surface area (Å²) in [5.74, 6) is 2.37. The Morgan fingerprint density at radius 2 is 2.18 bits per heavy atom. The summed E-state index contributed by atoms with van der Waals surface area (Å²) in [6, 6.07) is 0. The van der Waals surface area contributed by atoms with Crippen molar-refractivity contribution in [3.05, 3.63) is 11.3 Å². The molecule has 0 fully saturated rings. The molecule has 0 aliphatic carbocycles. The SMILES string of the molecule is CCNCc1c(C)nn(C)c1N(C)CCSC. The lowest BCUT2D eigenvalue weighted by Gasteiger charge is -2.20. The second-order valence-electron chi connectivity index (χ2n) is 4.21. The Balaban J connectivity index is 2.87. The smallest absolute Gasteiger partial charge is 0.131 e. The number of nitrogens with zero attached hydrogens (tertiary/aromatic N) is 3. The van der Waals surface area contributed by atoms with Crippen LogP contribution in [0.2, 0.25) is 0 Å². The van der Waals surface area contributed by atoms with E-state index in [0.29, 0.717) is 0 Å². The number of hydrogen-bond donors (Lipinski definition) is 1. The van der Waals surface area contributed by atoms with Crippen molar-refractivity contribution in [3.8, 4) is 0 Å². The van der Waals surface area contributed by atoms with Crippen molar-refractivity contribution in [1.29, 1.82) is 0 Å². The first-order valence-corrected chi connectivity index (χ1v) is 7.44. The Morgan fingerprint density at radius 3 is 2.76 bits per heavy atom. The molecule has 0 unspecified atom stereocenters. The molecule has 0 radical (unpaired) electrons. The molecule has 0 aliphatic rings. The fourth-order valence-electron chi connectivity index (χ4n) is 1.96. The first kappa shape index (κ1) is 14.4. The third-order valence-corrected chi connectivity index (χ3v) is 3.45. The molecular weight excluding hydrogens is 232 g/mol. The topological polar surface area (TPSA) is 33.1 Å². The number of anilines is 1. The minimum absolute atomic E-state index is 0.898. The normalized spacial score (nSPS) is 10.9. The van der Waals surface area contributed by atoms with E-state index < -0.39 is 0 Å². The molecule has 1 aromatic heterocycles. The van der Waals surface area contributed by atoms with Crippen molar-refractivity contribution < 1.29 is 0 Å². The first-order chi connectivity index (χ1) is 8.11. The van der Waals surface area contributed by atoms with E-state index in [1.165, 1.54) is 11.4 Å². The van der Waals surface area contributed by atoms with Gasteiger partial charge in [0.05, 0.1) is 5.69 Å². The highest BCUT2D eigenvalue weighted by Gasteiger charge is 2.15. The van der Waals surface area contributed by atoms with Gasteiger partial charge in [0.2, 0.25) is 0 Å². The van der Waals surface area contributed by atoms with E-state index in [0.717, 1.165) is 31.1 Å². The largest absolute Gasteiger partial charge is 0.359 e. The van der Waals surface area contributed by atoms with E-state index in [1.54, 1.807) is 0 Å². The molecule has 5 heteroatoms. The predicted molar refractivity (Wildman–Crippen MR) is 77.0 cm³/mol. The number of rotatable bonds is 7. The highest BCUT2D eigenvalue weighted by Crippen LogP contribution is 2.22. The van der Waals surface area contributed by atoms with E-state index in [1.807, 2.05) is 23.5 Å². The van der Waals surface area contributed by atoms with Crippen molar-refractivity contribution in [1.82, 2.24) is 15.1 Å². The van der Waals surface area contributed by atoms with Gasteiger partial charge in [-0.1, -0.05) is 6.92 Å². The number of hydrogen-bond acceptors (Lipinski definition) is 4. The van der Waals surface area contributed by atoms with Crippen LogP contribution in [0.3, 0.4) is 0 Å². The molecule has 17 heavy (non-hydrogen) atoms. The van der Waals surface area contributed by atoms with Crippen molar-refractivity contribution in [2.45, 2.75) is 20.4 Å². The molecule has 0 saturated carbocycles. The summed E-state index contributed by atoms with van der Waals surface area (Å²) in [6.45, 7) is 7.15. The summed E-state index contributed by atoms with van der Waals surface area (Å²) in [7, 11) is 4.16. The molecule has 1 heterocycles. The molecule has 0 bridgehead atoms. The molecular formula is C12H24N4S. The molecule has 0 atom stereocenters. The summed E-state index contributed by atoms with van der Waals surface area (Å²) < 4.78 is 1.99. The third-order valence-electron chi connectivity index (χ3n) is 2.86. The Bertz CT molecular complexity index is 349. The quantitative estimate of drug-likeness (QED) is 0.804. The van der Waals surface area contributed by atoms with Gasteiger partial charge in [-0.05, 0) is 19.7 Å². The lowest BCUT2D eigenvalue weighted by molar-refractivity contribution is 0.714. The van der Waals surface area contributed by atoms with Gasteiger partial charge in [0.25, 0.3) is 0 Å². The molecule has 1 aromatic rings. The molecule has 0 spiro atoms. The van der Waals surface area contributed by atoms with Crippen LogP contribution >= 0.6 is 11.8 Å². The highest BCUT2D eigenvalue weighted by molar-refractivity contribution is 7.98. The minimum atomic E-state index is 0.898. The number of aryl methyl sites for hydroxylation is 2. The van der Waals surface area contributed by atoms with Crippen LogP contribution in [0.4, 0.5) is 5.82 Å². The van der Waals surface area contributed by atoms with Crippen molar-refractivity contribution in [2.24, 2.45) is 7.05 Å². The lowest BCUT2D eigenvalue weighted by atomic mass is 10.2. The zero-order chi connectivity index (χ0) is 12.8. The highest BCUT2D eigenvalue weighted by atomic mass is 32.2. The Kier molecular flexibility index (Phi) is 5.85. The maximum atomic E-state index is 4.52. The standard InChI is InChI=1S/C12H24N4S/c1-6-13-9-11-10(2)14-16(4)12(11)15(3)7-8-17-5/h13H,6-9H2,1-5H3. The number of nitrogens with one attached hydrogen (secondary N) is 1. The predicted octanol–water partition coefficient (Wildman–Crippen LogP) is 1.64. The fraction of sp³-hybridized carbons (Fsp3) is 0.750. The second kappa shape index (κ2) is 6.91. The van der Waals surface area contributed by atoms with Crippen LogP contribution in [0.15, 0.2) is 0 Å². The van der Waals surface area contributed by atoms with Crippen LogP contribution in [-0.4, -0.2) is 41.9 Å². The summed E-state index contributed by atoms with van der Waals surface area (Å²) in [5, 5.41) is 7.91. The summed E-state index contributed by atoms with van der Waals surface area (Å²) in [4.78, 5) is 2.29. The van der Waals surface area contributed by atoms with E-state index in [2.05, 4.69) is 42.5 Å². The maximum absolute atomic E-state index is 4.52. The molecule has 4 nitrogen and oxygen atoms in total. The molecule has 0 saturated heterocycles. The van der Waals surface area contributed by atoms with Gasteiger partial charge in [0.1, 0.15) is 5.82 Å². The van der Waals surface area contributed by atoms with Crippen LogP contribution < -0.4 is 10.2 Å². The van der Waals surface area contributed by atoms with Gasteiger partial charge in [-0.3, -0.25) is 4.68 Å². The van der Waals surface area contributed by atoms with Gasteiger partial charge >= 0.3 is 0 Å². The maximum Gasteiger partial charge on any atom is 0.131 e. The van der Waals surface area contributed by atoms with Gasteiger partial charge in [-0.15, -0.1) is 0 Å². The summed E-state index contributed by atoms with van der Waals surface area (Å²) >= 11 is 1.87. The van der Waals surface area contributed by atoms with Crippen LogP contribution in [0.1, 0.15) is 18.2 Å². The molecule has 0 aliphatic heterocycles. The van der Waals surface area contributed by atoms with Crippen LogP contribution in [-0.2, 0) is 13.6 Å². The van der Waals surface area contributed by atoms with E-state index in [4.69, 9.17) is 0 Å². The summed E-state index contributed by atoms with van der Waals surface area (Å²) in [5.41, 5.74) is 2.44. The zero-order valence-corrected chi connectivity index (χ0v) is 12.4. The number of thioether (sulfide) groups is 1. The van der Waals surface area contributed by atoms with Gasteiger partial charge in [0, 0.05) is 38.5 Å². The number of aromatic nitrogens is 2. The molecule has 0 amide bonds. The van der Waals surface area contributed by atoms with Gasteiger partial charge in [-0.2, -0.15) is 16.9 Å². The fourth-order valence-corrected chi connectivity index (χ4v) is 2.41. The average Bonchev–Trinajstić information content (AvgIpc) is 2.58. The minimum Gasteiger partial charge on any atom is -0.359 e. The first-order valence-electron chi connectivity index (χ1n) is 6.05. The van der Waals surface area contributed by atoms with E-state index in [-0.39, 0.29) is 0 Å². The second-order valence-corrected chi connectivity index (χ2v) is 5.19. The van der Waals surface area contributed by atoms with E-state index >= 15 is 0 Å². The van der Waals surface area contributed by atoms with Crippen molar-refractivity contribution in [2.75, 3.05) is 37.0 Å². The molecule has 1 N–H and O–H groups in total. The lowest BCUT2D eigenvalue weighted by Crippen LogP contribution is -2.25. The van der Waals surface area contributed by atoms with Gasteiger partial charge < -0.3 is 10.2 Å². The van der Waals surface area contributed by atoms with Crippen molar-refractivity contribution in [3.63, 3.8) is 0 Å². The monoisotopic (exact) mass is 256 g/mol. The van der Waals surface area contributed by atoms with Crippen LogP contribution in [0, 0.1) is 6.92 Å². The molecule has 1 rings (SSSR count). The third kappa shape index (κ3) is 3.64. The van der Waals surface area contributed by atoms with Gasteiger partial charge in [-0.25, -0.2) is 0 Å². The Hall–Kier alpha value is -0.680. The Morgan fingerprint density at radius 1 is 1.47 bits per heavy atom. The molecule has 0 aromatic carbocycles. The van der Waals surface area contributed by atoms with Crippen molar-refractivity contribution >= 4 is 17.6 Å².